The van der Waals surface area contributed by atoms with Gasteiger partial charge in [-0.15, -0.1) is 11.3 Å². The first-order chi connectivity index (χ1) is 10.3. The average molecular weight is 301 g/mol. The summed E-state index contributed by atoms with van der Waals surface area (Å²) < 4.78 is 0. The van der Waals surface area contributed by atoms with Gasteiger partial charge >= 0.3 is 0 Å². The lowest BCUT2D eigenvalue weighted by Gasteiger charge is -2.23. The van der Waals surface area contributed by atoms with E-state index in [2.05, 4.69) is 15.6 Å². The molecular formula is C16H19N3OS. The number of anilines is 2. The van der Waals surface area contributed by atoms with Crippen LogP contribution in [-0.4, -0.2) is 16.9 Å². The lowest BCUT2D eigenvalue weighted by Crippen LogP contribution is -2.22. The Labute approximate surface area is 128 Å². The van der Waals surface area contributed by atoms with E-state index in [1.807, 2.05) is 29.6 Å². The predicted molar refractivity (Wildman–Crippen MR) is 87.0 cm³/mol. The summed E-state index contributed by atoms with van der Waals surface area (Å²) in [6.07, 6.45) is 8.09. The predicted octanol–water partition coefficient (Wildman–Crippen LogP) is 4.14. The number of carbonyl (C=O) groups excluding carboxylic acids is 1. The summed E-state index contributed by atoms with van der Waals surface area (Å²) in [5.74, 6) is 0.802. The van der Waals surface area contributed by atoms with Crippen molar-refractivity contribution in [3.05, 3.63) is 40.7 Å². The molecule has 5 heteroatoms. The second kappa shape index (κ2) is 6.72. The zero-order chi connectivity index (χ0) is 14.5. The van der Waals surface area contributed by atoms with Crippen LogP contribution in [-0.2, 0) is 0 Å². The summed E-state index contributed by atoms with van der Waals surface area (Å²) in [5, 5.41) is 8.22. The number of hydrogen-bond acceptors (Lipinski definition) is 4. The van der Waals surface area contributed by atoms with Crippen LogP contribution in [0.1, 0.15) is 41.8 Å². The molecule has 0 unspecified atom stereocenters. The molecule has 1 fully saturated rings. The Morgan fingerprint density at radius 2 is 2.05 bits per heavy atom. The monoisotopic (exact) mass is 301 g/mol. The van der Waals surface area contributed by atoms with Gasteiger partial charge in [0.15, 0.2) is 0 Å². The van der Waals surface area contributed by atoms with Gasteiger partial charge in [0.1, 0.15) is 5.82 Å². The van der Waals surface area contributed by atoms with Gasteiger partial charge < -0.3 is 10.6 Å². The molecule has 2 heterocycles. The zero-order valence-electron chi connectivity index (χ0n) is 11.8. The van der Waals surface area contributed by atoms with Crippen molar-refractivity contribution in [1.29, 1.82) is 0 Å². The lowest BCUT2D eigenvalue weighted by molar-refractivity contribution is 0.103. The Bertz CT molecular complexity index is 574. The molecule has 2 aromatic heterocycles. The highest BCUT2D eigenvalue weighted by atomic mass is 32.1. The number of thiophene rings is 1. The first-order valence-electron chi connectivity index (χ1n) is 7.39. The molecule has 0 saturated heterocycles. The van der Waals surface area contributed by atoms with Gasteiger partial charge in [0.25, 0.3) is 5.91 Å². The summed E-state index contributed by atoms with van der Waals surface area (Å²) in [7, 11) is 0. The van der Waals surface area contributed by atoms with E-state index in [9.17, 15) is 4.79 Å². The fourth-order valence-corrected chi connectivity index (χ4v) is 3.23. The number of nitrogens with zero attached hydrogens (tertiary/aromatic N) is 1. The molecule has 110 valence electrons. The van der Waals surface area contributed by atoms with Crippen LogP contribution in [0, 0.1) is 0 Å². The minimum absolute atomic E-state index is 0.0835. The van der Waals surface area contributed by atoms with Gasteiger partial charge in [-0.1, -0.05) is 25.3 Å². The van der Waals surface area contributed by atoms with E-state index in [1.165, 1.54) is 43.4 Å². The van der Waals surface area contributed by atoms with Crippen LogP contribution in [0.5, 0.6) is 0 Å². The van der Waals surface area contributed by atoms with Crippen molar-refractivity contribution in [1.82, 2.24) is 4.98 Å². The number of pyridine rings is 1. The quantitative estimate of drug-likeness (QED) is 0.892. The normalized spacial score (nSPS) is 15.6. The summed E-state index contributed by atoms with van der Waals surface area (Å²) in [4.78, 5) is 17.0. The third kappa shape index (κ3) is 3.82. The molecule has 21 heavy (non-hydrogen) atoms. The maximum atomic E-state index is 11.9. The van der Waals surface area contributed by atoms with Crippen LogP contribution in [0.3, 0.4) is 0 Å². The van der Waals surface area contributed by atoms with Crippen LogP contribution < -0.4 is 10.6 Å². The SMILES string of the molecule is O=C(Nc1ccc(NC2CCCCC2)nc1)c1cccs1. The molecule has 1 saturated carbocycles. The number of aromatic nitrogens is 1. The molecule has 0 bridgehead atoms. The average Bonchev–Trinajstić information content (AvgIpc) is 3.05. The number of amides is 1. The third-order valence-corrected chi connectivity index (χ3v) is 4.59. The summed E-state index contributed by atoms with van der Waals surface area (Å²) in [5.41, 5.74) is 0.725. The van der Waals surface area contributed by atoms with E-state index < -0.39 is 0 Å². The molecule has 2 aromatic rings. The smallest absolute Gasteiger partial charge is 0.265 e. The molecule has 0 atom stereocenters. The maximum Gasteiger partial charge on any atom is 0.265 e. The van der Waals surface area contributed by atoms with Crippen LogP contribution in [0.15, 0.2) is 35.8 Å². The van der Waals surface area contributed by atoms with Crippen LogP contribution in [0.2, 0.25) is 0 Å². The number of carbonyl (C=O) groups is 1. The van der Waals surface area contributed by atoms with Crippen molar-refractivity contribution in [2.75, 3.05) is 10.6 Å². The van der Waals surface area contributed by atoms with E-state index in [0.29, 0.717) is 10.9 Å². The van der Waals surface area contributed by atoms with E-state index in [0.717, 1.165) is 11.5 Å². The molecule has 0 aromatic carbocycles. The third-order valence-electron chi connectivity index (χ3n) is 3.72. The maximum absolute atomic E-state index is 11.9. The largest absolute Gasteiger partial charge is 0.367 e. The Kier molecular flexibility index (Phi) is 4.50. The first kappa shape index (κ1) is 14.1. The highest BCUT2D eigenvalue weighted by Crippen LogP contribution is 2.21. The molecule has 1 aliphatic carbocycles. The second-order valence-corrected chi connectivity index (χ2v) is 6.29. The highest BCUT2D eigenvalue weighted by Gasteiger charge is 2.13. The zero-order valence-corrected chi connectivity index (χ0v) is 12.7. The number of hydrogen-bond donors (Lipinski definition) is 2. The molecule has 2 N–H and O–H groups in total. The van der Waals surface area contributed by atoms with Gasteiger partial charge in [0, 0.05) is 6.04 Å². The fourth-order valence-electron chi connectivity index (χ4n) is 2.61. The van der Waals surface area contributed by atoms with Crippen molar-refractivity contribution >= 4 is 28.7 Å². The van der Waals surface area contributed by atoms with Crippen molar-refractivity contribution in [2.45, 2.75) is 38.1 Å². The molecule has 0 spiro atoms. The van der Waals surface area contributed by atoms with E-state index >= 15 is 0 Å². The van der Waals surface area contributed by atoms with Crippen LogP contribution in [0.25, 0.3) is 0 Å². The van der Waals surface area contributed by atoms with Gasteiger partial charge in [0.2, 0.25) is 0 Å². The number of rotatable bonds is 4. The highest BCUT2D eigenvalue weighted by molar-refractivity contribution is 7.12. The van der Waals surface area contributed by atoms with E-state index in [-0.39, 0.29) is 5.91 Å². The van der Waals surface area contributed by atoms with Gasteiger partial charge in [-0.05, 0) is 36.4 Å². The molecule has 4 nitrogen and oxygen atoms in total. The summed E-state index contributed by atoms with van der Waals surface area (Å²) >= 11 is 1.43. The Morgan fingerprint density at radius 3 is 2.71 bits per heavy atom. The van der Waals surface area contributed by atoms with Gasteiger partial charge in [0.05, 0.1) is 16.8 Å². The van der Waals surface area contributed by atoms with E-state index in [4.69, 9.17) is 0 Å². The topological polar surface area (TPSA) is 54.0 Å². The molecule has 1 aliphatic rings. The van der Waals surface area contributed by atoms with E-state index in [1.54, 1.807) is 6.20 Å². The molecule has 0 radical (unpaired) electrons. The summed E-state index contributed by atoms with van der Waals surface area (Å²) in [6.45, 7) is 0. The van der Waals surface area contributed by atoms with Crippen molar-refractivity contribution in [3.8, 4) is 0 Å². The molecule has 3 rings (SSSR count). The molecular weight excluding hydrogens is 282 g/mol. The Balaban J connectivity index is 1.57. The van der Waals surface area contributed by atoms with Gasteiger partial charge in [-0.3, -0.25) is 4.79 Å². The number of nitrogens with one attached hydrogen (secondary N) is 2. The Morgan fingerprint density at radius 1 is 1.19 bits per heavy atom. The van der Waals surface area contributed by atoms with Crippen molar-refractivity contribution < 1.29 is 4.79 Å². The standard InChI is InChI=1S/C16H19N3OS/c20-16(14-7-4-10-21-14)19-13-8-9-15(17-11-13)18-12-5-2-1-3-6-12/h4,7-12H,1-3,5-6H2,(H,17,18)(H,19,20). The Hall–Kier alpha value is -1.88. The minimum Gasteiger partial charge on any atom is -0.367 e. The minimum atomic E-state index is -0.0835. The van der Waals surface area contributed by atoms with Gasteiger partial charge in [-0.25, -0.2) is 4.98 Å². The summed E-state index contributed by atoms with van der Waals surface area (Å²) in [6, 6.07) is 8.04. The molecule has 1 amide bonds. The fraction of sp³-hybridized carbons (Fsp3) is 0.375. The van der Waals surface area contributed by atoms with Crippen molar-refractivity contribution in [2.24, 2.45) is 0 Å². The van der Waals surface area contributed by atoms with Crippen LogP contribution in [0.4, 0.5) is 11.5 Å². The van der Waals surface area contributed by atoms with Crippen molar-refractivity contribution in [3.63, 3.8) is 0 Å². The first-order valence-corrected chi connectivity index (χ1v) is 8.27. The molecule has 0 aliphatic heterocycles. The van der Waals surface area contributed by atoms with Crippen LogP contribution >= 0.6 is 11.3 Å². The second-order valence-electron chi connectivity index (χ2n) is 5.34. The van der Waals surface area contributed by atoms with Gasteiger partial charge in [-0.2, -0.15) is 0 Å². The lowest BCUT2D eigenvalue weighted by atomic mass is 9.95.